The lowest BCUT2D eigenvalue weighted by Gasteiger charge is -2.18. The normalized spacial score (nSPS) is 22.6. The van der Waals surface area contributed by atoms with Crippen molar-refractivity contribution in [3.8, 4) is 0 Å². The number of benzene rings is 1. The largest absolute Gasteiger partial charge is 0.393 e. The number of hydrogen-bond acceptors (Lipinski definition) is 3. The predicted octanol–water partition coefficient (Wildman–Crippen LogP) is 2.33. The van der Waals surface area contributed by atoms with Gasteiger partial charge >= 0.3 is 6.18 Å². The number of carbonyl (C=O) groups excluding carboxylic acids is 1. The minimum atomic E-state index is -4.43. The Morgan fingerprint density at radius 3 is 2.61 bits per heavy atom. The van der Waals surface area contributed by atoms with Gasteiger partial charge in [-0.1, -0.05) is 24.3 Å². The smallest absolute Gasteiger partial charge is 0.369 e. The first-order valence-electron chi connectivity index (χ1n) is 7.27. The van der Waals surface area contributed by atoms with Crippen molar-refractivity contribution < 1.29 is 18.0 Å². The maximum atomic E-state index is 13.0. The molecule has 2 N–H and O–H groups in total. The molecule has 122 valence electrons. The molecule has 1 amide bonds. The molecule has 0 saturated carbocycles. The third-order valence-electron chi connectivity index (χ3n) is 4.22. The summed E-state index contributed by atoms with van der Waals surface area (Å²) in [6, 6.07) is 11.2. The van der Waals surface area contributed by atoms with Crippen LogP contribution >= 0.6 is 0 Å². The van der Waals surface area contributed by atoms with Crippen molar-refractivity contribution in [3.05, 3.63) is 42.1 Å². The molecule has 1 aromatic heterocycles. The highest BCUT2D eigenvalue weighted by atomic mass is 19.4. The number of primary amides is 1. The summed E-state index contributed by atoms with van der Waals surface area (Å²) in [4.78, 5) is 17.4. The number of hydrogen-bond donors (Lipinski definition) is 1. The standard InChI is InChI=1S/C16H16F3N3O/c17-16(18,19)13-9-22(8-12(13)15(20)23)7-11-6-5-10-3-1-2-4-14(10)21-11/h1-6,12-13H,7-9H2,(H2,20,23)/t12-,13-/m1/s1. The van der Waals surface area contributed by atoms with Gasteiger partial charge in [0.2, 0.25) is 5.91 Å². The number of rotatable bonds is 3. The van der Waals surface area contributed by atoms with Crippen molar-refractivity contribution in [2.75, 3.05) is 13.1 Å². The first-order valence-corrected chi connectivity index (χ1v) is 7.27. The van der Waals surface area contributed by atoms with E-state index < -0.39 is 23.9 Å². The lowest BCUT2D eigenvalue weighted by Crippen LogP contribution is -2.37. The Hall–Kier alpha value is -2.15. The predicted molar refractivity (Wildman–Crippen MR) is 79.2 cm³/mol. The Balaban J connectivity index is 1.78. The van der Waals surface area contributed by atoms with E-state index >= 15 is 0 Å². The maximum Gasteiger partial charge on any atom is 0.393 e. The van der Waals surface area contributed by atoms with Gasteiger partial charge in [-0.2, -0.15) is 13.2 Å². The molecule has 1 saturated heterocycles. The third kappa shape index (κ3) is 3.29. The van der Waals surface area contributed by atoms with E-state index in [9.17, 15) is 18.0 Å². The van der Waals surface area contributed by atoms with Crippen LogP contribution in [0.4, 0.5) is 13.2 Å². The summed E-state index contributed by atoms with van der Waals surface area (Å²) >= 11 is 0. The van der Waals surface area contributed by atoms with Crippen LogP contribution in [0.3, 0.4) is 0 Å². The van der Waals surface area contributed by atoms with E-state index in [-0.39, 0.29) is 19.6 Å². The molecule has 7 heteroatoms. The second kappa shape index (κ2) is 5.81. The summed E-state index contributed by atoms with van der Waals surface area (Å²) in [5.41, 5.74) is 6.60. The van der Waals surface area contributed by atoms with E-state index in [0.717, 1.165) is 10.9 Å². The quantitative estimate of drug-likeness (QED) is 0.943. The first-order chi connectivity index (χ1) is 10.8. The van der Waals surface area contributed by atoms with Crippen molar-refractivity contribution in [1.82, 2.24) is 9.88 Å². The molecule has 4 nitrogen and oxygen atoms in total. The van der Waals surface area contributed by atoms with Gasteiger partial charge in [0.1, 0.15) is 0 Å². The zero-order valence-corrected chi connectivity index (χ0v) is 12.3. The van der Waals surface area contributed by atoms with E-state index in [1.54, 1.807) is 11.0 Å². The fraction of sp³-hybridized carbons (Fsp3) is 0.375. The summed E-state index contributed by atoms with van der Waals surface area (Å²) in [6.45, 7) is 0.0425. The lowest BCUT2D eigenvalue weighted by atomic mass is 9.95. The van der Waals surface area contributed by atoms with E-state index in [1.165, 1.54) is 0 Å². The molecular formula is C16H16F3N3O. The summed E-state index contributed by atoms with van der Waals surface area (Å²) in [5.74, 6) is -3.81. The fourth-order valence-electron chi connectivity index (χ4n) is 3.06. The molecule has 1 aliphatic rings. The summed E-state index contributed by atoms with van der Waals surface area (Å²) in [7, 11) is 0. The topological polar surface area (TPSA) is 59.2 Å². The third-order valence-corrected chi connectivity index (χ3v) is 4.22. The van der Waals surface area contributed by atoms with Crippen LogP contribution in [0.2, 0.25) is 0 Å². The monoisotopic (exact) mass is 323 g/mol. The average molecular weight is 323 g/mol. The van der Waals surface area contributed by atoms with E-state index in [0.29, 0.717) is 5.69 Å². The molecule has 1 aliphatic heterocycles. The number of carbonyl (C=O) groups is 1. The minimum absolute atomic E-state index is 0.00795. The highest BCUT2D eigenvalue weighted by molar-refractivity contribution is 5.78. The SMILES string of the molecule is NC(=O)[C@@H]1CN(Cc2ccc3ccccc3n2)C[C@H]1C(F)(F)F. The molecule has 2 aromatic rings. The van der Waals surface area contributed by atoms with Crippen LogP contribution < -0.4 is 5.73 Å². The first kappa shape index (κ1) is 15.7. The molecule has 0 bridgehead atoms. The fourth-order valence-corrected chi connectivity index (χ4v) is 3.06. The molecule has 1 fully saturated rings. The number of likely N-dealkylation sites (tertiary alicyclic amines) is 1. The number of nitrogens with two attached hydrogens (primary N) is 1. The molecule has 3 rings (SSSR count). The van der Waals surface area contributed by atoms with Gasteiger partial charge in [-0.3, -0.25) is 14.7 Å². The van der Waals surface area contributed by atoms with Gasteiger partial charge in [-0.25, -0.2) is 0 Å². The molecular weight excluding hydrogens is 307 g/mol. The molecule has 0 unspecified atom stereocenters. The zero-order valence-electron chi connectivity index (χ0n) is 12.3. The van der Waals surface area contributed by atoms with Crippen molar-refractivity contribution in [3.63, 3.8) is 0 Å². The van der Waals surface area contributed by atoms with Crippen molar-refractivity contribution in [2.45, 2.75) is 12.7 Å². The lowest BCUT2D eigenvalue weighted by molar-refractivity contribution is -0.182. The van der Waals surface area contributed by atoms with Gasteiger partial charge < -0.3 is 5.73 Å². The number of nitrogens with zero attached hydrogens (tertiary/aromatic N) is 2. The Labute approximate surface area is 131 Å². The van der Waals surface area contributed by atoms with Crippen LogP contribution in [-0.2, 0) is 11.3 Å². The number of aromatic nitrogens is 1. The molecule has 1 aromatic carbocycles. The minimum Gasteiger partial charge on any atom is -0.369 e. The summed E-state index contributed by atoms with van der Waals surface area (Å²) in [6.07, 6.45) is -4.43. The van der Waals surface area contributed by atoms with Gasteiger partial charge in [0.15, 0.2) is 0 Å². The molecule has 23 heavy (non-hydrogen) atoms. The van der Waals surface area contributed by atoms with Crippen LogP contribution in [0.5, 0.6) is 0 Å². The molecule has 2 atom stereocenters. The van der Waals surface area contributed by atoms with Crippen molar-refractivity contribution in [2.24, 2.45) is 17.6 Å². The Morgan fingerprint density at radius 1 is 1.22 bits per heavy atom. The maximum absolute atomic E-state index is 13.0. The molecule has 2 heterocycles. The van der Waals surface area contributed by atoms with Crippen LogP contribution in [0, 0.1) is 11.8 Å². The van der Waals surface area contributed by atoms with Crippen LogP contribution in [-0.4, -0.2) is 35.1 Å². The molecule has 0 aliphatic carbocycles. The second-order valence-corrected chi connectivity index (χ2v) is 5.85. The highest BCUT2D eigenvalue weighted by Crippen LogP contribution is 2.37. The van der Waals surface area contributed by atoms with Gasteiger partial charge in [0.05, 0.1) is 23.0 Å². The summed E-state index contributed by atoms with van der Waals surface area (Å²) in [5, 5.41) is 0.973. The zero-order chi connectivity index (χ0) is 16.6. The number of pyridine rings is 1. The Kier molecular flexibility index (Phi) is 3.97. The van der Waals surface area contributed by atoms with Crippen molar-refractivity contribution >= 4 is 16.8 Å². The van der Waals surface area contributed by atoms with Gasteiger partial charge in [-0.15, -0.1) is 0 Å². The molecule has 0 spiro atoms. The van der Waals surface area contributed by atoms with E-state index in [4.69, 9.17) is 5.73 Å². The van der Waals surface area contributed by atoms with Crippen LogP contribution in [0.1, 0.15) is 5.69 Å². The van der Waals surface area contributed by atoms with Gasteiger partial charge in [0, 0.05) is 25.0 Å². The highest BCUT2D eigenvalue weighted by Gasteiger charge is 2.51. The summed E-state index contributed by atoms with van der Waals surface area (Å²) < 4.78 is 39.1. The van der Waals surface area contributed by atoms with Gasteiger partial charge in [-0.05, 0) is 12.1 Å². The number of para-hydroxylation sites is 1. The van der Waals surface area contributed by atoms with Gasteiger partial charge in [0.25, 0.3) is 0 Å². The Bertz CT molecular complexity index is 732. The van der Waals surface area contributed by atoms with Crippen molar-refractivity contribution in [1.29, 1.82) is 0 Å². The molecule has 0 radical (unpaired) electrons. The van der Waals surface area contributed by atoms with Crippen LogP contribution in [0.25, 0.3) is 10.9 Å². The number of amides is 1. The average Bonchev–Trinajstić information content (AvgIpc) is 2.91. The Morgan fingerprint density at radius 2 is 1.96 bits per heavy atom. The van der Waals surface area contributed by atoms with E-state index in [2.05, 4.69) is 4.98 Å². The number of alkyl halides is 3. The number of fused-ring (bicyclic) bond motifs is 1. The number of halogens is 3. The van der Waals surface area contributed by atoms with Crippen LogP contribution in [0.15, 0.2) is 36.4 Å². The second-order valence-electron chi connectivity index (χ2n) is 5.85. The van der Waals surface area contributed by atoms with E-state index in [1.807, 2.05) is 30.3 Å².